The van der Waals surface area contributed by atoms with E-state index in [2.05, 4.69) is 47.0 Å². The maximum Gasteiger partial charge on any atom is 0.241 e. The zero-order valence-electron chi connectivity index (χ0n) is 15.2. The lowest BCUT2D eigenvalue weighted by Crippen LogP contribution is -2.39. The van der Waals surface area contributed by atoms with Gasteiger partial charge >= 0.3 is 0 Å². The summed E-state index contributed by atoms with van der Waals surface area (Å²) in [6.07, 6.45) is 2.11. The lowest BCUT2D eigenvalue weighted by molar-refractivity contribution is -0.118. The molecule has 1 aromatic carbocycles. The van der Waals surface area contributed by atoms with Gasteiger partial charge in [-0.3, -0.25) is 4.79 Å². The first-order chi connectivity index (χ1) is 11.5. The van der Waals surface area contributed by atoms with E-state index in [0.717, 1.165) is 37.3 Å². The van der Waals surface area contributed by atoms with Gasteiger partial charge in [-0.25, -0.2) is 0 Å². The Bertz CT molecular complexity index is 673. The predicted octanol–water partition coefficient (Wildman–Crippen LogP) is 2.90. The number of hydrogen-bond acceptors (Lipinski definition) is 3. The molecule has 2 aromatic rings. The summed E-state index contributed by atoms with van der Waals surface area (Å²) in [5, 5.41) is 4.04. The Morgan fingerprint density at radius 2 is 1.96 bits per heavy atom. The SMILES string of the molecule is CCN(CC)CCn1ccc2cc(NC(=O)[C@@H](N)C(C)C)ccc21. The lowest BCUT2D eigenvalue weighted by Gasteiger charge is -2.18. The van der Waals surface area contributed by atoms with Gasteiger partial charge in [0, 0.05) is 35.9 Å². The number of benzene rings is 1. The number of likely N-dealkylation sites (N-methyl/N-ethyl adjacent to an activating group) is 1. The highest BCUT2D eigenvalue weighted by Crippen LogP contribution is 2.21. The Kier molecular flexibility index (Phi) is 6.40. The van der Waals surface area contributed by atoms with Crippen LogP contribution in [0, 0.1) is 5.92 Å². The highest BCUT2D eigenvalue weighted by molar-refractivity contribution is 5.97. The van der Waals surface area contributed by atoms with Crippen molar-refractivity contribution >= 4 is 22.5 Å². The van der Waals surface area contributed by atoms with Crippen molar-refractivity contribution in [1.82, 2.24) is 9.47 Å². The molecule has 1 amide bonds. The number of nitrogens with zero attached hydrogens (tertiary/aromatic N) is 2. The number of aromatic nitrogens is 1. The fourth-order valence-corrected chi connectivity index (χ4v) is 2.79. The van der Waals surface area contributed by atoms with E-state index in [1.807, 2.05) is 26.0 Å². The molecule has 1 heterocycles. The summed E-state index contributed by atoms with van der Waals surface area (Å²) in [5.41, 5.74) is 7.88. The molecule has 0 aliphatic heterocycles. The van der Waals surface area contributed by atoms with Crippen molar-refractivity contribution in [3.8, 4) is 0 Å². The zero-order chi connectivity index (χ0) is 17.7. The normalized spacial score (nSPS) is 13.0. The molecular weight excluding hydrogens is 300 g/mol. The van der Waals surface area contributed by atoms with Crippen molar-refractivity contribution < 1.29 is 4.79 Å². The third kappa shape index (κ3) is 4.36. The molecule has 0 fully saturated rings. The average molecular weight is 330 g/mol. The molecule has 1 atom stereocenters. The van der Waals surface area contributed by atoms with E-state index in [1.54, 1.807) is 0 Å². The average Bonchev–Trinajstić information content (AvgIpc) is 2.97. The van der Waals surface area contributed by atoms with Gasteiger partial charge in [0.1, 0.15) is 0 Å². The van der Waals surface area contributed by atoms with Crippen LogP contribution in [0.25, 0.3) is 10.9 Å². The van der Waals surface area contributed by atoms with Crippen LogP contribution >= 0.6 is 0 Å². The van der Waals surface area contributed by atoms with Crippen LogP contribution in [0.15, 0.2) is 30.5 Å². The van der Waals surface area contributed by atoms with Crippen LogP contribution in [0.1, 0.15) is 27.7 Å². The van der Waals surface area contributed by atoms with E-state index >= 15 is 0 Å². The molecule has 24 heavy (non-hydrogen) atoms. The van der Waals surface area contributed by atoms with Crippen LogP contribution in [-0.2, 0) is 11.3 Å². The molecule has 2 rings (SSSR count). The molecule has 0 spiro atoms. The smallest absolute Gasteiger partial charge is 0.241 e. The van der Waals surface area contributed by atoms with E-state index in [1.165, 1.54) is 5.52 Å². The van der Waals surface area contributed by atoms with Crippen molar-refractivity contribution in [2.24, 2.45) is 11.7 Å². The minimum absolute atomic E-state index is 0.120. The van der Waals surface area contributed by atoms with Gasteiger partial charge < -0.3 is 20.5 Å². The molecule has 0 saturated heterocycles. The Labute approximate surface area is 144 Å². The minimum Gasteiger partial charge on any atom is -0.346 e. The number of carbonyl (C=O) groups excluding carboxylic acids is 1. The van der Waals surface area contributed by atoms with Crippen LogP contribution in [-0.4, -0.2) is 41.1 Å². The van der Waals surface area contributed by atoms with Gasteiger partial charge in [0.25, 0.3) is 0 Å². The zero-order valence-corrected chi connectivity index (χ0v) is 15.2. The number of hydrogen-bond donors (Lipinski definition) is 2. The van der Waals surface area contributed by atoms with E-state index < -0.39 is 6.04 Å². The first-order valence-electron chi connectivity index (χ1n) is 8.84. The van der Waals surface area contributed by atoms with Gasteiger partial charge in [-0.05, 0) is 43.3 Å². The monoisotopic (exact) mass is 330 g/mol. The van der Waals surface area contributed by atoms with Crippen molar-refractivity contribution in [3.05, 3.63) is 30.5 Å². The summed E-state index contributed by atoms with van der Waals surface area (Å²) >= 11 is 0. The van der Waals surface area contributed by atoms with Crippen LogP contribution in [0.4, 0.5) is 5.69 Å². The van der Waals surface area contributed by atoms with Crippen LogP contribution in [0.2, 0.25) is 0 Å². The molecular formula is C19H30N4O. The molecule has 0 bridgehead atoms. The first-order valence-corrected chi connectivity index (χ1v) is 8.84. The van der Waals surface area contributed by atoms with Crippen LogP contribution < -0.4 is 11.1 Å². The Morgan fingerprint density at radius 1 is 1.25 bits per heavy atom. The topological polar surface area (TPSA) is 63.3 Å². The van der Waals surface area contributed by atoms with Gasteiger partial charge in [0.15, 0.2) is 0 Å². The van der Waals surface area contributed by atoms with Gasteiger partial charge in [0.05, 0.1) is 6.04 Å². The number of rotatable bonds is 8. The molecule has 0 radical (unpaired) electrons. The Hall–Kier alpha value is -1.85. The summed E-state index contributed by atoms with van der Waals surface area (Å²) in [4.78, 5) is 14.5. The van der Waals surface area contributed by atoms with Crippen LogP contribution in [0.5, 0.6) is 0 Å². The molecule has 0 saturated carbocycles. The summed E-state index contributed by atoms with van der Waals surface area (Å²) in [6.45, 7) is 12.4. The third-order valence-corrected chi connectivity index (χ3v) is 4.61. The summed E-state index contributed by atoms with van der Waals surface area (Å²) in [6, 6.07) is 7.62. The minimum atomic E-state index is -0.487. The summed E-state index contributed by atoms with van der Waals surface area (Å²) < 4.78 is 2.26. The maximum atomic E-state index is 12.1. The van der Waals surface area contributed by atoms with Crippen molar-refractivity contribution in [2.45, 2.75) is 40.3 Å². The molecule has 5 heteroatoms. The van der Waals surface area contributed by atoms with E-state index in [-0.39, 0.29) is 11.8 Å². The highest BCUT2D eigenvalue weighted by atomic mass is 16.2. The molecule has 0 aliphatic carbocycles. The quantitative estimate of drug-likeness (QED) is 0.782. The Morgan fingerprint density at radius 3 is 2.58 bits per heavy atom. The van der Waals surface area contributed by atoms with E-state index in [9.17, 15) is 4.79 Å². The second kappa shape index (κ2) is 8.31. The fraction of sp³-hybridized carbons (Fsp3) is 0.526. The van der Waals surface area contributed by atoms with Crippen molar-refractivity contribution in [1.29, 1.82) is 0 Å². The largest absolute Gasteiger partial charge is 0.346 e. The standard InChI is InChI=1S/C19H30N4O/c1-5-22(6-2)11-12-23-10-9-15-13-16(7-8-17(15)23)21-19(24)18(20)14(3)4/h7-10,13-14,18H,5-6,11-12,20H2,1-4H3,(H,21,24)/t18-/m0/s1. The first kappa shape index (κ1) is 18.5. The second-order valence-corrected chi connectivity index (χ2v) is 6.57. The number of nitrogens with one attached hydrogen (secondary N) is 1. The molecule has 132 valence electrons. The summed E-state index contributed by atoms with van der Waals surface area (Å²) in [5.74, 6) is -0.0137. The molecule has 5 nitrogen and oxygen atoms in total. The molecule has 0 aliphatic rings. The van der Waals surface area contributed by atoms with Gasteiger partial charge in [-0.15, -0.1) is 0 Å². The van der Waals surface area contributed by atoms with Crippen LogP contribution in [0.3, 0.4) is 0 Å². The molecule has 0 unspecified atom stereocenters. The van der Waals surface area contributed by atoms with Gasteiger partial charge in [0.2, 0.25) is 5.91 Å². The number of anilines is 1. The Balaban J connectivity index is 2.09. The van der Waals surface area contributed by atoms with Crippen molar-refractivity contribution in [2.75, 3.05) is 25.0 Å². The predicted molar refractivity (Wildman–Crippen MR) is 101 cm³/mol. The third-order valence-electron chi connectivity index (χ3n) is 4.61. The van der Waals surface area contributed by atoms with Gasteiger partial charge in [-0.1, -0.05) is 27.7 Å². The number of carbonyl (C=O) groups is 1. The summed E-state index contributed by atoms with van der Waals surface area (Å²) in [7, 11) is 0. The number of fused-ring (bicyclic) bond motifs is 1. The number of nitrogens with two attached hydrogens (primary N) is 1. The fourth-order valence-electron chi connectivity index (χ4n) is 2.79. The highest BCUT2D eigenvalue weighted by Gasteiger charge is 2.17. The second-order valence-electron chi connectivity index (χ2n) is 6.57. The van der Waals surface area contributed by atoms with E-state index in [0.29, 0.717) is 0 Å². The van der Waals surface area contributed by atoms with Gasteiger partial charge in [-0.2, -0.15) is 0 Å². The van der Waals surface area contributed by atoms with Crippen molar-refractivity contribution in [3.63, 3.8) is 0 Å². The number of amides is 1. The maximum absolute atomic E-state index is 12.1. The molecule has 1 aromatic heterocycles. The van der Waals surface area contributed by atoms with E-state index in [4.69, 9.17) is 5.73 Å². The lowest BCUT2D eigenvalue weighted by atomic mass is 10.0. The molecule has 3 N–H and O–H groups in total.